The number of aromatic nitrogens is 1. The number of halogens is 2. The lowest BCUT2D eigenvalue weighted by Gasteiger charge is -2.35. The second-order valence-corrected chi connectivity index (χ2v) is 6.57. The summed E-state index contributed by atoms with van der Waals surface area (Å²) >= 11 is 0. The zero-order valence-electron chi connectivity index (χ0n) is 15.2. The molecule has 1 aliphatic rings. The normalized spacial score (nSPS) is 15.8. The van der Waals surface area contributed by atoms with Gasteiger partial charge in [0.25, 0.3) is 0 Å². The fourth-order valence-electron chi connectivity index (χ4n) is 3.27. The lowest BCUT2D eigenvalue weighted by molar-refractivity contribution is -0.132. The number of nitrogens with two attached hydrogens (primary N) is 1. The third-order valence-electron chi connectivity index (χ3n) is 5.30. The van der Waals surface area contributed by atoms with Crippen LogP contribution in [0.5, 0.6) is 0 Å². The van der Waals surface area contributed by atoms with Gasteiger partial charge in [-0.25, -0.2) is 0 Å². The Balaban J connectivity index is 0.00000288. The zero-order chi connectivity index (χ0) is 16.7. The van der Waals surface area contributed by atoms with Gasteiger partial charge in [0, 0.05) is 44.6 Å². The van der Waals surface area contributed by atoms with Crippen LogP contribution in [0.2, 0.25) is 0 Å². The number of pyridine rings is 1. The van der Waals surface area contributed by atoms with Gasteiger partial charge in [-0.2, -0.15) is 0 Å². The summed E-state index contributed by atoms with van der Waals surface area (Å²) < 4.78 is 0. The molecule has 7 heteroatoms. The van der Waals surface area contributed by atoms with Crippen molar-refractivity contribution in [2.75, 3.05) is 19.6 Å². The molecule has 0 spiro atoms. The van der Waals surface area contributed by atoms with E-state index in [1.54, 1.807) is 0 Å². The highest BCUT2D eigenvalue weighted by molar-refractivity contribution is 5.85. The predicted octanol–water partition coefficient (Wildman–Crippen LogP) is 2.77. The fraction of sp³-hybridized carbons (Fsp3) is 0.667. The van der Waals surface area contributed by atoms with Crippen LogP contribution in [0.15, 0.2) is 24.5 Å². The first-order valence-corrected chi connectivity index (χ1v) is 8.76. The molecule has 0 unspecified atom stereocenters. The number of piperidine rings is 1. The van der Waals surface area contributed by atoms with Crippen LogP contribution in [0.25, 0.3) is 0 Å². The van der Waals surface area contributed by atoms with E-state index in [0.29, 0.717) is 6.54 Å². The highest BCUT2D eigenvalue weighted by Crippen LogP contribution is 2.26. The monoisotopic (exact) mass is 390 g/mol. The van der Waals surface area contributed by atoms with Gasteiger partial charge >= 0.3 is 0 Å². The number of carbonyl (C=O) groups excluding carboxylic acids is 1. The van der Waals surface area contributed by atoms with Crippen molar-refractivity contribution in [1.82, 2.24) is 15.2 Å². The van der Waals surface area contributed by atoms with Gasteiger partial charge in [0.05, 0.1) is 5.41 Å². The molecule has 2 heterocycles. The molecule has 1 fully saturated rings. The maximum atomic E-state index is 12.6. The molecule has 0 aromatic carbocycles. The predicted molar refractivity (Wildman–Crippen MR) is 107 cm³/mol. The van der Waals surface area contributed by atoms with Crippen LogP contribution < -0.4 is 11.1 Å². The molecule has 0 saturated carbocycles. The van der Waals surface area contributed by atoms with E-state index in [9.17, 15) is 4.79 Å². The molecule has 5 nitrogen and oxygen atoms in total. The van der Waals surface area contributed by atoms with E-state index in [0.717, 1.165) is 45.3 Å². The van der Waals surface area contributed by atoms with Gasteiger partial charge in [0.2, 0.25) is 5.91 Å². The molecular formula is C18H32Cl2N4O. The highest BCUT2D eigenvalue weighted by atomic mass is 35.5. The Morgan fingerprint density at radius 1 is 1.24 bits per heavy atom. The van der Waals surface area contributed by atoms with Crippen molar-refractivity contribution >= 4 is 30.7 Å². The van der Waals surface area contributed by atoms with Crippen molar-refractivity contribution < 1.29 is 4.79 Å². The van der Waals surface area contributed by atoms with Crippen molar-refractivity contribution in [1.29, 1.82) is 0 Å². The van der Waals surface area contributed by atoms with Crippen LogP contribution >= 0.6 is 24.8 Å². The van der Waals surface area contributed by atoms with E-state index in [1.165, 1.54) is 5.56 Å². The van der Waals surface area contributed by atoms with Crippen LogP contribution in [0.3, 0.4) is 0 Å². The molecule has 144 valence electrons. The number of nitrogens with zero attached hydrogens (tertiary/aromatic N) is 2. The first kappa shape index (κ1) is 24.1. The van der Waals surface area contributed by atoms with Gasteiger partial charge in [-0.1, -0.05) is 13.8 Å². The minimum absolute atomic E-state index is 0. The van der Waals surface area contributed by atoms with Crippen molar-refractivity contribution in [2.45, 2.75) is 52.1 Å². The van der Waals surface area contributed by atoms with E-state index in [2.05, 4.69) is 27.3 Å². The largest absolute Gasteiger partial charge is 0.353 e. The minimum atomic E-state index is -0.395. The summed E-state index contributed by atoms with van der Waals surface area (Å²) in [5.74, 6) is 0.137. The van der Waals surface area contributed by atoms with Gasteiger partial charge < -0.3 is 11.1 Å². The summed E-state index contributed by atoms with van der Waals surface area (Å²) in [4.78, 5) is 19.1. The molecule has 1 saturated heterocycles. The van der Waals surface area contributed by atoms with Crippen molar-refractivity contribution in [3.8, 4) is 0 Å². The van der Waals surface area contributed by atoms with Crippen LogP contribution in [0.4, 0.5) is 0 Å². The summed E-state index contributed by atoms with van der Waals surface area (Å²) in [7, 11) is 0. The number of nitrogens with one attached hydrogen (secondary N) is 1. The van der Waals surface area contributed by atoms with E-state index in [4.69, 9.17) is 5.73 Å². The average molecular weight is 391 g/mol. The second kappa shape index (κ2) is 11.7. The van der Waals surface area contributed by atoms with Gasteiger partial charge in [0.15, 0.2) is 0 Å². The molecule has 1 amide bonds. The third kappa shape index (κ3) is 6.41. The van der Waals surface area contributed by atoms with E-state index >= 15 is 0 Å². The van der Waals surface area contributed by atoms with Crippen LogP contribution in [-0.4, -0.2) is 41.5 Å². The van der Waals surface area contributed by atoms with E-state index in [1.807, 2.05) is 26.2 Å². The van der Waals surface area contributed by atoms with Crippen molar-refractivity contribution in [3.63, 3.8) is 0 Å². The summed E-state index contributed by atoms with van der Waals surface area (Å²) in [6, 6.07) is 4.40. The summed E-state index contributed by atoms with van der Waals surface area (Å²) in [6.07, 6.45) is 7.28. The van der Waals surface area contributed by atoms with Crippen molar-refractivity contribution in [2.24, 2.45) is 11.1 Å². The Labute approximate surface area is 164 Å². The Kier molecular flexibility index (Phi) is 11.3. The van der Waals surface area contributed by atoms with Gasteiger partial charge in [-0.3, -0.25) is 14.7 Å². The molecule has 1 aromatic heterocycles. The van der Waals surface area contributed by atoms with E-state index < -0.39 is 5.41 Å². The van der Waals surface area contributed by atoms with Crippen LogP contribution in [0, 0.1) is 5.41 Å². The molecule has 0 atom stereocenters. The van der Waals surface area contributed by atoms with Crippen LogP contribution in [-0.2, 0) is 11.3 Å². The maximum Gasteiger partial charge on any atom is 0.227 e. The number of amides is 1. The lowest BCUT2D eigenvalue weighted by Crippen LogP contribution is -2.51. The summed E-state index contributed by atoms with van der Waals surface area (Å²) in [5, 5.41) is 3.24. The van der Waals surface area contributed by atoms with Crippen molar-refractivity contribution in [3.05, 3.63) is 30.1 Å². The second-order valence-electron chi connectivity index (χ2n) is 6.57. The fourth-order valence-corrected chi connectivity index (χ4v) is 3.27. The Bertz CT molecular complexity index is 481. The Morgan fingerprint density at radius 2 is 1.80 bits per heavy atom. The first-order chi connectivity index (χ1) is 11.1. The van der Waals surface area contributed by atoms with Gasteiger partial charge in [-0.05, 0) is 43.4 Å². The third-order valence-corrected chi connectivity index (χ3v) is 5.30. The maximum absolute atomic E-state index is 12.6. The molecule has 1 aromatic rings. The molecular weight excluding hydrogens is 359 g/mol. The number of likely N-dealkylation sites (tertiary alicyclic amines) is 1. The molecule has 3 N–H and O–H groups in total. The smallest absolute Gasteiger partial charge is 0.227 e. The van der Waals surface area contributed by atoms with Gasteiger partial charge in [-0.15, -0.1) is 24.8 Å². The topological polar surface area (TPSA) is 71.2 Å². The average Bonchev–Trinajstić information content (AvgIpc) is 2.60. The SMILES string of the molecule is CCC(CC)(CN)C(=O)NC1CCN(Cc2ccncc2)CC1.Cl.Cl. The highest BCUT2D eigenvalue weighted by Gasteiger charge is 2.35. The molecule has 25 heavy (non-hydrogen) atoms. The Morgan fingerprint density at radius 3 is 2.28 bits per heavy atom. The number of hydrogen-bond donors (Lipinski definition) is 2. The lowest BCUT2D eigenvalue weighted by atomic mass is 9.81. The minimum Gasteiger partial charge on any atom is -0.353 e. The summed E-state index contributed by atoms with van der Waals surface area (Å²) in [6.45, 7) is 7.51. The Hall–Kier alpha value is -0.880. The molecule has 0 bridgehead atoms. The van der Waals surface area contributed by atoms with Crippen LogP contribution in [0.1, 0.15) is 45.1 Å². The molecule has 2 rings (SSSR count). The first-order valence-electron chi connectivity index (χ1n) is 8.76. The standard InChI is InChI=1S/C18H30N4O.2ClH/c1-3-18(4-2,14-19)17(23)21-16-7-11-22(12-8-16)13-15-5-9-20-10-6-15;;/h5-6,9-10,16H,3-4,7-8,11-14,19H2,1-2H3,(H,21,23);2*1H. The molecule has 1 aliphatic heterocycles. The quantitative estimate of drug-likeness (QED) is 0.750. The number of rotatable bonds is 7. The zero-order valence-corrected chi connectivity index (χ0v) is 16.9. The molecule has 0 radical (unpaired) electrons. The molecule has 0 aliphatic carbocycles. The summed E-state index contributed by atoms with van der Waals surface area (Å²) in [5.41, 5.74) is 6.77. The number of carbonyl (C=O) groups is 1. The van der Waals surface area contributed by atoms with Gasteiger partial charge in [0.1, 0.15) is 0 Å². The number of hydrogen-bond acceptors (Lipinski definition) is 4. The van der Waals surface area contributed by atoms with E-state index in [-0.39, 0.29) is 36.8 Å².